The second kappa shape index (κ2) is 7.78. The number of hydrogen-bond acceptors (Lipinski definition) is 6. The highest BCUT2D eigenvalue weighted by Gasteiger charge is 2.47. The molecule has 1 aromatic rings. The standard InChI is InChI=1S/C21H29ClN4O3/c1-13-20(23)21(12-29-13)7-9-25(10-8-21)17-11-18(27)26(14(2)24-17)15-5-4-6-16(28-3)19(15)22/h6,11,13,20H,4-5,7-10,12,23H2,1-3H3/t13-,20+/m0/s1. The van der Waals surface area contributed by atoms with Crippen molar-refractivity contribution in [2.45, 2.75) is 51.7 Å². The van der Waals surface area contributed by atoms with Gasteiger partial charge in [0.05, 0.1) is 25.5 Å². The molecule has 29 heavy (non-hydrogen) atoms. The first-order valence-electron chi connectivity index (χ1n) is 10.2. The van der Waals surface area contributed by atoms with Gasteiger partial charge < -0.3 is 20.1 Å². The van der Waals surface area contributed by atoms with Crippen LogP contribution < -0.4 is 16.2 Å². The molecule has 3 heterocycles. The van der Waals surface area contributed by atoms with E-state index in [0.717, 1.165) is 44.7 Å². The minimum Gasteiger partial charge on any atom is -0.495 e. The number of piperidine rings is 1. The van der Waals surface area contributed by atoms with Crippen LogP contribution in [-0.2, 0) is 9.47 Å². The Hall–Kier alpha value is -1.83. The number of halogens is 1. The predicted octanol–water partition coefficient (Wildman–Crippen LogP) is 2.62. The summed E-state index contributed by atoms with van der Waals surface area (Å²) < 4.78 is 12.7. The Morgan fingerprint density at radius 2 is 2.10 bits per heavy atom. The third-order valence-corrected chi connectivity index (χ3v) is 7.08. The second-order valence-corrected chi connectivity index (χ2v) is 8.68. The number of aromatic nitrogens is 2. The maximum absolute atomic E-state index is 13.0. The van der Waals surface area contributed by atoms with E-state index in [2.05, 4.69) is 4.90 Å². The fourth-order valence-electron chi connectivity index (χ4n) is 4.79. The Labute approximate surface area is 176 Å². The van der Waals surface area contributed by atoms with Crippen LogP contribution in [0.4, 0.5) is 5.82 Å². The molecule has 4 rings (SSSR count). The molecule has 1 spiro atoms. The molecule has 0 amide bonds. The molecule has 2 N–H and O–H groups in total. The van der Waals surface area contributed by atoms with E-state index in [-0.39, 0.29) is 23.1 Å². The molecule has 0 bridgehead atoms. The molecule has 0 aromatic carbocycles. The van der Waals surface area contributed by atoms with Crippen molar-refractivity contribution in [3.63, 3.8) is 0 Å². The van der Waals surface area contributed by atoms with Crippen molar-refractivity contribution in [3.8, 4) is 0 Å². The number of methoxy groups -OCH3 is 1. The first-order valence-corrected chi connectivity index (χ1v) is 10.6. The van der Waals surface area contributed by atoms with Gasteiger partial charge in [0.25, 0.3) is 5.56 Å². The van der Waals surface area contributed by atoms with Gasteiger partial charge in [-0.05, 0) is 45.6 Å². The summed E-state index contributed by atoms with van der Waals surface area (Å²) in [6.45, 7) is 6.25. The largest absolute Gasteiger partial charge is 0.495 e. The van der Waals surface area contributed by atoms with Crippen molar-refractivity contribution in [2.24, 2.45) is 11.1 Å². The van der Waals surface area contributed by atoms with Gasteiger partial charge >= 0.3 is 0 Å². The summed E-state index contributed by atoms with van der Waals surface area (Å²) in [4.78, 5) is 19.9. The lowest BCUT2D eigenvalue weighted by atomic mass is 9.73. The van der Waals surface area contributed by atoms with Crippen molar-refractivity contribution in [2.75, 3.05) is 31.7 Å². The lowest BCUT2D eigenvalue weighted by Crippen LogP contribution is -2.51. The van der Waals surface area contributed by atoms with Gasteiger partial charge in [-0.3, -0.25) is 9.36 Å². The molecule has 3 aliphatic rings. The number of hydrogen-bond donors (Lipinski definition) is 1. The Kier molecular flexibility index (Phi) is 5.48. The Morgan fingerprint density at radius 3 is 2.69 bits per heavy atom. The first-order chi connectivity index (χ1) is 13.9. The van der Waals surface area contributed by atoms with Gasteiger partial charge in [0, 0.05) is 30.6 Å². The van der Waals surface area contributed by atoms with E-state index >= 15 is 0 Å². The van der Waals surface area contributed by atoms with E-state index in [1.165, 1.54) is 0 Å². The van der Waals surface area contributed by atoms with Crippen LogP contribution in [0.25, 0.3) is 5.70 Å². The van der Waals surface area contributed by atoms with E-state index in [9.17, 15) is 4.79 Å². The van der Waals surface area contributed by atoms with E-state index in [4.69, 9.17) is 31.8 Å². The monoisotopic (exact) mass is 420 g/mol. The highest BCUT2D eigenvalue weighted by atomic mass is 35.5. The number of aryl methyl sites for hydroxylation is 1. The van der Waals surface area contributed by atoms with Crippen molar-refractivity contribution < 1.29 is 9.47 Å². The van der Waals surface area contributed by atoms with Crippen LogP contribution in [0.3, 0.4) is 0 Å². The molecular formula is C21H29ClN4O3. The predicted molar refractivity (Wildman–Crippen MR) is 114 cm³/mol. The van der Waals surface area contributed by atoms with E-state index in [1.807, 2.05) is 19.9 Å². The Bertz CT molecular complexity index is 915. The topological polar surface area (TPSA) is 82.6 Å². The quantitative estimate of drug-likeness (QED) is 0.809. The molecule has 7 nitrogen and oxygen atoms in total. The van der Waals surface area contributed by atoms with Crippen LogP contribution in [0.15, 0.2) is 27.7 Å². The van der Waals surface area contributed by atoms with Crippen LogP contribution in [0.2, 0.25) is 0 Å². The Morgan fingerprint density at radius 1 is 1.38 bits per heavy atom. The highest BCUT2D eigenvalue weighted by Crippen LogP contribution is 2.41. The molecule has 1 aromatic heterocycles. The minimum absolute atomic E-state index is 0.0449. The first kappa shape index (κ1) is 20.4. The zero-order chi connectivity index (χ0) is 20.8. The molecule has 2 aliphatic heterocycles. The van der Waals surface area contributed by atoms with Gasteiger partial charge in [-0.2, -0.15) is 0 Å². The smallest absolute Gasteiger partial charge is 0.259 e. The fourth-order valence-corrected chi connectivity index (χ4v) is 5.12. The van der Waals surface area contributed by atoms with Gasteiger partial charge in [0.15, 0.2) is 0 Å². The van der Waals surface area contributed by atoms with Crippen molar-refractivity contribution in [1.29, 1.82) is 0 Å². The van der Waals surface area contributed by atoms with Crippen molar-refractivity contribution >= 4 is 23.1 Å². The minimum atomic E-state index is -0.118. The van der Waals surface area contributed by atoms with Gasteiger partial charge in [-0.15, -0.1) is 0 Å². The Balaban J connectivity index is 1.58. The van der Waals surface area contributed by atoms with Gasteiger partial charge in [-0.1, -0.05) is 11.6 Å². The van der Waals surface area contributed by atoms with Crippen molar-refractivity contribution in [3.05, 3.63) is 39.1 Å². The summed E-state index contributed by atoms with van der Waals surface area (Å²) in [5.74, 6) is 1.95. The van der Waals surface area contributed by atoms with Gasteiger partial charge in [-0.25, -0.2) is 4.98 Å². The summed E-state index contributed by atoms with van der Waals surface area (Å²) in [5.41, 5.74) is 7.08. The number of allylic oxidation sites excluding steroid dienone is 3. The summed E-state index contributed by atoms with van der Waals surface area (Å²) in [6, 6.07) is 1.68. The lowest BCUT2D eigenvalue weighted by molar-refractivity contribution is 0.0974. The summed E-state index contributed by atoms with van der Waals surface area (Å²) >= 11 is 6.48. The van der Waals surface area contributed by atoms with E-state index < -0.39 is 0 Å². The SMILES string of the molecule is COC1=CCCC(n2c(C)nc(N3CCC4(CC3)CO[C@@H](C)[C@H]4N)cc2=O)=C1Cl. The average Bonchev–Trinajstić information content (AvgIpc) is 2.98. The van der Waals surface area contributed by atoms with Gasteiger partial charge in [0.1, 0.15) is 22.4 Å². The van der Waals surface area contributed by atoms with Crippen LogP contribution in [0, 0.1) is 12.3 Å². The van der Waals surface area contributed by atoms with Crippen LogP contribution in [0.1, 0.15) is 38.4 Å². The van der Waals surface area contributed by atoms with E-state index in [0.29, 0.717) is 28.9 Å². The van der Waals surface area contributed by atoms with Crippen LogP contribution >= 0.6 is 11.6 Å². The number of nitrogens with zero attached hydrogens (tertiary/aromatic N) is 3. The molecular weight excluding hydrogens is 392 g/mol. The molecule has 2 fully saturated rings. The lowest BCUT2D eigenvalue weighted by Gasteiger charge is -2.41. The molecule has 0 unspecified atom stereocenters. The van der Waals surface area contributed by atoms with E-state index in [1.54, 1.807) is 17.7 Å². The second-order valence-electron chi connectivity index (χ2n) is 8.30. The molecule has 1 aliphatic carbocycles. The molecule has 158 valence electrons. The maximum atomic E-state index is 13.0. The summed E-state index contributed by atoms with van der Waals surface area (Å²) in [7, 11) is 1.58. The maximum Gasteiger partial charge on any atom is 0.259 e. The molecule has 0 radical (unpaired) electrons. The zero-order valence-electron chi connectivity index (χ0n) is 17.3. The molecule has 2 saturated heterocycles. The summed E-state index contributed by atoms with van der Waals surface area (Å²) in [5, 5.41) is 0.475. The number of nitrogens with two attached hydrogens (primary N) is 1. The van der Waals surface area contributed by atoms with Gasteiger partial charge in [0.2, 0.25) is 0 Å². The third-order valence-electron chi connectivity index (χ3n) is 6.67. The highest BCUT2D eigenvalue weighted by molar-refractivity contribution is 6.34. The molecule has 0 saturated carbocycles. The average molecular weight is 421 g/mol. The number of anilines is 1. The zero-order valence-corrected chi connectivity index (χ0v) is 18.0. The number of rotatable bonds is 3. The normalized spacial score (nSPS) is 26.8. The van der Waals surface area contributed by atoms with Crippen LogP contribution in [0.5, 0.6) is 0 Å². The van der Waals surface area contributed by atoms with Crippen molar-refractivity contribution in [1.82, 2.24) is 9.55 Å². The third kappa shape index (κ3) is 3.49. The summed E-state index contributed by atoms with van der Waals surface area (Å²) in [6.07, 6.45) is 5.39. The molecule has 2 atom stereocenters. The number of ether oxygens (including phenoxy) is 2. The molecule has 8 heteroatoms. The van der Waals surface area contributed by atoms with Crippen LogP contribution in [-0.4, -0.2) is 48.5 Å². The fraction of sp³-hybridized carbons (Fsp3) is 0.619.